The lowest BCUT2D eigenvalue weighted by atomic mass is 10.0. The Morgan fingerprint density at radius 1 is 1.44 bits per heavy atom. The van der Waals surface area contributed by atoms with Crippen LogP contribution in [0.25, 0.3) is 0 Å². The van der Waals surface area contributed by atoms with Crippen molar-refractivity contribution in [1.29, 1.82) is 0 Å². The molecule has 0 saturated carbocycles. The Hall–Kier alpha value is -1.02. The van der Waals surface area contributed by atoms with Gasteiger partial charge in [-0.1, -0.05) is 23.8 Å². The summed E-state index contributed by atoms with van der Waals surface area (Å²) in [6, 6.07) is 6.13. The zero-order chi connectivity index (χ0) is 12.1. The normalized spacial score (nSPS) is 12.2. The van der Waals surface area contributed by atoms with Gasteiger partial charge in [-0.05, 0) is 38.3 Å². The molecule has 1 atom stereocenters. The van der Waals surface area contributed by atoms with Crippen LogP contribution in [0, 0.1) is 13.8 Å². The van der Waals surface area contributed by atoms with E-state index in [1.807, 2.05) is 26.0 Å². The summed E-state index contributed by atoms with van der Waals surface area (Å²) in [5.41, 5.74) is 3.47. The Morgan fingerprint density at radius 3 is 2.69 bits per heavy atom. The summed E-state index contributed by atoms with van der Waals surface area (Å²) in [4.78, 5) is 11.4. The van der Waals surface area contributed by atoms with Crippen molar-refractivity contribution < 1.29 is 9.53 Å². The SMILES string of the molecule is CCOC(=O)C(Cl)Cc1ccc(C)cc1C. The molecular formula is C13H17ClO2. The molecule has 0 spiro atoms. The van der Waals surface area contributed by atoms with Crippen molar-refractivity contribution in [1.82, 2.24) is 0 Å². The van der Waals surface area contributed by atoms with Crippen molar-refractivity contribution in [3.8, 4) is 0 Å². The fraction of sp³-hybridized carbons (Fsp3) is 0.462. The van der Waals surface area contributed by atoms with Gasteiger partial charge >= 0.3 is 5.97 Å². The van der Waals surface area contributed by atoms with E-state index in [0.29, 0.717) is 13.0 Å². The van der Waals surface area contributed by atoms with Gasteiger partial charge in [-0.15, -0.1) is 11.6 Å². The highest BCUT2D eigenvalue weighted by Crippen LogP contribution is 2.15. The maximum Gasteiger partial charge on any atom is 0.324 e. The minimum absolute atomic E-state index is 0.343. The fourth-order valence-corrected chi connectivity index (χ4v) is 1.81. The Kier molecular flexibility index (Phi) is 4.81. The van der Waals surface area contributed by atoms with Crippen molar-refractivity contribution in [2.75, 3.05) is 6.61 Å². The molecule has 0 aliphatic carbocycles. The number of halogens is 1. The lowest BCUT2D eigenvalue weighted by molar-refractivity contribution is -0.142. The molecule has 88 valence electrons. The summed E-state index contributed by atoms with van der Waals surface area (Å²) in [5.74, 6) is -0.343. The van der Waals surface area contributed by atoms with Crippen molar-refractivity contribution in [3.05, 3.63) is 34.9 Å². The topological polar surface area (TPSA) is 26.3 Å². The average molecular weight is 241 g/mol. The van der Waals surface area contributed by atoms with Gasteiger partial charge in [0.15, 0.2) is 0 Å². The second kappa shape index (κ2) is 5.90. The molecule has 0 aromatic heterocycles. The number of benzene rings is 1. The van der Waals surface area contributed by atoms with Gasteiger partial charge in [0.05, 0.1) is 6.61 Å². The van der Waals surface area contributed by atoms with E-state index >= 15 is 0 Å². The third-order valence-corrected chi connectivity index (χ3v) is 2.77. The molecule has 0 heterocycles. The van der Waals surface area contributed by atoms with E-state index < -0.39 is 5.38 Å². The first-order chi connectivity index (χ1) is 7.54. The van der Waals surface area contributed by atoms with Crippen LogP contribution in [0.4, 0.5) is 0 Å². The van der Waals surface area contributed by atoms with E-state index in [4.69, 9.17) is 16.3 Å². The Morgan fingerprint density at radius 2 is 2.12 bits per heavy atom. The van der Waals surface area contributed by atoms with E-state index in [-0.39, 0.29) is 5.97 Å². The molecule has 0 fully saturated rings. The molecule has 2 nitrogen and oxygen atoms in total. The van der Waals surface area contributed by atoms with Crippen LogP contribution in [-0.4, -0.2) is 18.0 Å². The van der Waals surface area contributed by atoms with E-state index in [0.717, 1.165) is 11.1 Å². The lowest BCUT2D eigenvalue weighted by Gasteiger charge is -2.11. The predicted octanol–water partition coefficient (Wildman–Crippen LogP) is 3.02. The van der Waals surface area contributed by atoms with Crippen LogP contribution >= 0.6 is 11.6 Å². The van der Waals surface area contributed by atoms with Crippen molar-refractivity contribution in [3.63, 3.8) is 0 Å². The predicted molar refractivity (Wildman–Crippen MR) is 65.9 cm³/mol. The summed E-state index contributed by atoms with van der Waals surface area (Å²) < 4.78 is 4.87. The van der Waals surface area contributed by atoms with Crippen LogP contribution in [0.15, 0.2) is 18.2 Å². The highest BCUT2D eigenvalue weighted by molar-refractivity contribution is 6.30. The van der Waals surface area contributed by atoms with Gasteiger partial charge in [0.1, 0.15) is 5.38 Å². The molecule has 1 unspecified atom stereocenters. The molecule has 0 saturated heterocycles. The monoisotopic (exact) mass is 240 g/mol. The molecule has 0 bridgehead atoms. The molecule has 0 radical (unpaired) electrons. The van der Waals surface area contributed by atoms with Crippen LogP contribution in [0.3, 0.4) is 0 Å². The molecule has 1 aromatic carbocycles. The molecule has 3 heteroatoms. The fourth-order valence-electron chi connectivity index (χ4n) is 1.58. The zero-order valence-corrected chi connectivity index (χ0v) is 10.7. The first-order valence-corrected chi connectivity index (χ1v) is 5.85. The first kappa shape index (κ1) is 13.0. The van der Waals surface area contributed by atoms with Gasteiger partial charge in [-0.25, -0.2) is 0 Å². The van der Waals surface area contributed by atoms with Crippen molar-refractivity contribution >= 4 is 17.6 Å². The molecule has 0 aliphatic rings. The Labute approximate surface area is 102 Å². The lowest BCUT2D eigenvalue weighted by Crippen LogP contribution is -2.20. The third-order valence-electron chi connectivity index (χ3n) is 2.44. The van der Waals surface area contributed by atoms with Crippen LogP contribution < -0.4 is 0 Å². The Balaban J connectivity index is 2.69. The van der Waals surface area contributed by atoms with Crippen LogP contribution in [-0.2, 0) is 16.0 Å². The second-order valence-electron chi connectivity index (χ2n) is 3.85. The van der Waals surface area contributed by atoms with Gasteiger partial charge < -0.3 is 4.74 Å². The largest absolute Gasteiger partial charge is 0.465 e. The average Bonchev–Trinajstić information content (AvgIpc) is 2.22. The summed E-state index contributed by atoms with van der Waals surface area (Å²) in [6.07, 6.45) is 0.520. The van der Waals surface area contributed by atoms with E-state index in [1.54, 1.807) is 6.92 Å². The van der Waals surface area contributed by atoms with Gasteiger partial charge in [-0.2, -0.15) is 0 Å². The summed E-state index contributed by atoms with van der Waals surface area (Å²) >= 11 is 5.98. The number of esters is 1. The Bertz CT molecular complexity index is 374. The number of hydrogen-bond donors (Lipinski definition) is 0. The van der Waals surface area contributed by atoms with Crippen molar-refractivity contribution in [2.45, 2.75) is 32.6 Å². The number of carbonyl (C=O) groups is 1. The molecular weight excluding hydrogens is 224 g/mol. The zero-order valence-electron chi connectivity index (χ0n) is 9.92. The highest BCUT2D eigenvalue weighted by atomic mass is 35.5. The van der Waals surface area contributed by atoms with Crippen LogP contribution in [0.1, 0.15) is 23.6 Å². The number of ether oxygens (including phenoxy) is 1. The minimum atomic E-state index is -0.596. The van der Waals surface area contributed by atoms with Gasteiger partial charge in [0, 0.05) is 0 Å². The number of alkyl halides is 1. The molecule has 0 aliphatic heterocycles. The first-order valence-electron chi connectivity index (χ1n) is 5.41. The van der Waals surface area contributed by atoms with E-state index in [2.05, 4.69) is 6.07 Å². The number of aryl methyl sites for hydroxylation is 2. The maximum absolute atomic E-state index is 11.4. The smallest absolute Gasteiger partial charge is 0.324 e. The minimum Gasteiger partial charge on any atom is -0.465 e. The van der Waals surface area contributed by atoms with Crippen LogP contribution in [0.2, 0.25) is 0 Å². The molecule has 1 rings (SSSR count). The standard InChI is InChI=1S/C13H17ClO2/c1-4-16-13(15)12(14)8-11-6-5-9(2)7-10(11)3/h5-7,12H,4,8H2,1-3H3. The molecule has 0 N–H and O–H groups in total. The summed E-state index contributed by atoms with van der Waals surface area (Å²) in [6.45, 7) is 6.21. The van der Waals surface area contributed by atoms with Crippen LogP contribution in [0.5, 0.6) is 0 Å². The van der Waals surface area contributed by atoms with Gasteiger partial charge in [-0.3, -0.25) is 4.79 Å². The third kappa shape index (κ3) is 3.53. The van der Waals surface area contributed by atoms with Gasteiger partial charge in [0.25, 0.3) is 0 Å². The molecule has 1 aromatic rings. The van der Waals surface area contributed by atoms with E-state index in [1.165, 1.54) is 5.56 Å². The molecule has 16 heavy (non-hydrogen) atoms. The molecule has 0 amide bonds. The van der Waals surface area contributed by atoms with E-state index in [9.17, 15) is 4.79 Å². The number of carbonyl (C=O) groups excluding carboxylic acids is 1. The quantitative estimate of drug-likeness (QED) is 0.597. The summed E-state index contributed by atoms with van der Waals surface area (Å²) in [7, 11) is 0. The van der Waals surface area contributed by atoms with Gasteiger partial charge in [0.2, 0.25) is 0 Å². The summed E-state index contributed by atoms with van der Waals surface area (Å²) in [5, 5.41) is -0.596. The number of hydrogen-bond acceptors (Lipinski definition) is 2. The number of rotatable bonds is 4. The van der Waals surface area contributed by atoms with Crippen molar-refractivity contribution in [2.24, 2.45) is 0 Å². The second-order valence-corrected chi connectivity index (χ2v) is 4.38. The highest BCUT2D eigenvalue weighted by Gasteiger charge is 2.17. The maximum atomic E-state index is 11.4.